The fraction of sp³-hybridized carbons (Fsp3) is 0.333. The Kier molecular flexibility index (Phi) is 5.16. The molecule has 0 aliphatic heterocycles. The molecule has 0 spiro atoms. The molecule has 0 bridgehead atoms. The first-order chi connectivity index (χ1) is 14.0. The van der Waals surface area contributed by atoms with Gasteiger partial charge in [-0.15, -0.1) is 0 Å². The Morgan fingerprint density at radius 2 is 1.76 bits per heavy atom. The van der Waals surface area contributed by atoms with Gasteiger partial charge in [-0.2, -0.15) is 0 Å². The lowest BCUT2D eigenvalue weighted by Crippen LogP contribution is -2.23. The van der Waals surface area contributed by atoms with Crippen molar-refractivity contribution in [1.29, 1.82) is 0 Å². The predicted octanol–water partition coefficient (Wildman–Crippen LogP) is 3.45. The van der Waals surface area contributed by atoms with Crippen LogP contribution >= 0.6 is 0 Å². The number of nitro groups is 1. The first-order valence-corrected chi connectivity index (χ1v) is 9.72. The summed E-state index contributed by atoms with van der Waals surface area (Å²) < 4.78 is 0. The minimum absolute atomic E-state index is 0.0484. The van der Waals surface area contributed by atoms with Crippen LogP contribution in [0.1, 0.15) is 41.6 Å². The molecule has 2 fully saturated rings. The third kappa shape index (κ3) is 4.90. The van der Waals surface area contributed by atoms with Crippen LogP contribution in [0.15, 0.2) is 42.5 Å². The van der Waals surface area contributed by atoms with Crippen LogP contribution in [-0.2, 0) is 11.3 Å². The summed E-state index contributed by atoms with van der Waals surface area (Å²) in [7, 11) is 0. The van der Waals surface area contributed by atoms with Crippen LogP contribution in [0.2, 0.25) is 0 Å². The van der Waals surface area contributed by atoms with Crippen molar-refractivity contribution < 1.29 is 14.5 Å². The molecule has 8 nitrogen and oxygen atoms in total. The number of anilines is 2. The highest BCUT2D eigenvalue weighted by atomic mass is 16.6. The second kappa shape index (κ2) is 7.90. The van der Waals surface area contributed by atoms with E-state index in [2.05, 4.69) is 16.0 Å². The molecule has 8 heteroatoms. The summed E-state index contributed by atoms with van der Waals surface area (Å²) in [6.07, 6.45) is 3.91. The zero-order chi connectivity index (χ0) is 20.4. The molecule has 29 heavy (non-hydrogen) atoms. The lowest BCUT2D eigenvalue weighted by Gasteiger charge is -2.09. The van der Waals surface area contributed by atoms with Gasteiger partial charge in [0.2, 0.25) is 5.91 Å². The summed E-state index contributed by atoms with van der Waals surface area (Å²) in [6, 6.07) is 12.0. The minimum Gasteiger partial charge on any atom is -0.377 e. The number of nitrogens with zero attached hydrogens (tertiary/aromatic N) is 1. The van der Waals surface area contributed by atoms with Crippen molar-refractivity contribution in [2.75, 3.05) is 10.6 Å². The zero-order valence-corrected chi connectivity index (χ0v) is 15.8. The highest BCUT2D eigenvalue weighted by molar-refractivity contribution is 5.96. The number of nitro benzene ring substituents is 1. The van der Waals surface area contributed by atoms with Crippen molar-refractivity contribution >= 4 is 28.9 Å². The van der Waals surface area contributed by atoms with Gasteiger partial charge in [-0.1, -0.05) is 12.1 Å². The molecule has 0 heterocycles. The molecule has 2 aromatic carbocycles. The Hall–Kier alpha value is -3.42. The summed E-state index contributed by atoms with van der Waals surface area (Å²) in [4.78, 5) is 35.1. The van der Waals surface area contributed by atoms with E-state index in [0.717, 1.165) is 36.9 Å². The SMILES string of the molecule is O=C(NCc1ccc(NC(=O)C2CC2)cc1)c1ccc(NC2CC2)c([N+](=O)[O-])c1. The van der Waals surface area contributed by atoms with Gasteiger partial charge in [-0.3, -0.25) is 19.7 Å². The first kappa shape index (κ1) is 18.9. The molecule has 2 aliphatic carbocycles. The van der Waals surface area contributed by atoms with E-state index in [1.165, 1.54) is 6.07 Å². The normalized spacial score (nSPS) is 15.4. The smallest absolute Gasteiger partial charge is 0.293 e. The van der Waals surface area contributed by atoms with Crippen molar-refractivity contribution in [2.45, 2.75) is 38.3 Å². The average molecular weight is 394 g/mol. The van der Waals surface area contributed by atoms with Crippen molar-refractivity contribution in [3.8, 4) is 0 Å². The van der Waals surface area contributed by atoms with Crippen LogP contribution in [0.25, 0.3) is 0 Å². The Morgan fingerprint density at radius 3 is 2.38 bits per heavy atom. The van der Waals surface area contributed by atoms with Crippen molar-refractivity contribution in [2.24, 2.45) is 5.92 Å². The van der Waals surface area contributed by atoms with Crippen LogP contribution in [-0.4, -0.2) is 22.8 Å². The molecule has 0 atom stereocenters. The van der Waals surface area contributed by atoms with Gasteiger partial charge in [-0.05, 0) is 55.5 Å². The van der Waals surface area contributed by atoms with E-state index >= 15 is 0 Å². The monoisotopic (exact) mass is 394 g/mol. The second-order valence-corrected chi connectivity index (χ2v) is 7.55. The molecule has 2 saturated carbocycles. The van der Waals surface area contributed by atoms with E-state index < -0.39 is 4.92 Å². The molecule has 3 N–H and O–H groups in total. The number of carbonyl (C=O) groups is 2. The maximum Gasteiger partial charge on any atom is 0.293 e. The van der Waals surface area contributed by atoms with Gasteiger partial charge in [-0.25, -0.2) is 0 Å². The Morgan fingerprint density at radius 1 is 1.03 bits per heavy atom. The van der Waals surface area contributed by atoms with Crippen LogP contribution in [0, 0.1) is 16.0 Å². The zero-order valence-electron chi connectivity index (χ0n) is 15.8. The Balaban J connectivity index is 1.35. The number of nitrogens with one attached hydrogen (secondary N) is 3. The quantitative estimate of drug-likeness (QED) is 0.469. The Bertz CT molecular complexity index is 950. The van der Waals surface area contributed by atoms with Crippen LogP contribution < -0.4 is 16.0 Å². The number of amides is 2. The summed E-state index contributed by atoms with van der Waals surface area (Å²) >= 11 is 0. The third-order valence-electron chi connectivity index (χ3n) is 5.02. The van der Waals surface area contributed by atoms with Gasteiger partial charge in [0.15, 0.2) is 0 Å². The fourth-order valence-electron chi connectivity index (χ4n) is 2.97. The molecule has 2 aliphatic rings. The highest BCUT2D eigenvalue weighted by Crippen LogP contribution is 2.32. The molecule has 2 amide bonds. The molecule has 0 aromatic heterocycles. The number of rotatable bonds is 8. The maximum atomic E-state index is 12.4. The average Bonchev–Trinajstić information content (AvgIpc) is 3.61. The van der Waals surface area contributed by atoms with Gasteiger partial charge < -0.3 is 16.0 Å². The van der Waals surface area contributed by atoms with Gasteiger partial charge in [0.1, 0.15) is 5.69 Å². The fourth-order valence-corrected chi connectivity index (χ4v) is 2.97. The van der Waals surface area contributed by atoms with Crippen LogP contribution in [0.4, 0.5) is 17.1 Å². The van der Waals surface area contributed by atoms with Crippen LogP contribution in [0.5, 0.6) is 0 Å². The summed E-state index contributed by atoms with van der Waals surface area (Å²) in [5, 5.41) is 20.1. The molecule has 0 radical (unpaired) electrons. The number of hydrogen-bond acceptors (Lipinski definition) is 5. The molecule has 0 saturated heterocycles. The molecule has 0 unspecified atom stereocenters. The molecular weight excluding hydrogens is 372 g/mol. The van der Waals surface area contributed by atoms with Gasteiger partial charge in [0.25, 0.3) is 11.6 Å². The van der Waals surface area contributed by atoms with E-state index in [1.54, 1.807) is 24.3 Å². The van der Waals surface area contributed by atoms with Crippen molar-refractivity contribution in [3.05, 3.63) is 63.7 Å². The van der Waals surface area contributed by atoms with Crippen molar-refractivity contribution in [3.63, 3.8) is 0 Å². The van der Waals surface area contributed by atoms with E-state index in [9.17, 15) is 19.7 Å². The van der Waals surface area contributed by atoms with Gasteiger partial charge >= 0.3 is 0 Å². The van der Waals surface area contributed by atoms with Crippen LogP contribution in [0.3, 0.4) is 0 Å². The van der Waals surface area contributed by atoms with Gasteiger partial charge in [0, 0.05) is 35.8 Å². The third-order valence-corrected chi connectivity index (χ3v) is 5.02. The number of hydrogen-bond donors (Lipinski definition) is 3. The summed E-state index contributed by atoms with van der Waals surface area (Å²) in [6.45, 7) is 0.283. The largest absolute Gasteiger partial charge is 0.377 e. The molecule has 4 rings (SSSR count). The van der Waals surface area contributed by atoms with Crippen molar-refractivity contribution in [1.82, 2.24) is 5.32 Å². The lowest BCUT2D eigenvalue weighted by atomic mass is 10.1. The summed E-state index contributed by atoms with van der Waals surface area (Å²) in [5.41, 5.74) is 2.18. The second-order valence-electron chi connectivity index (χ2n) is 7.55. The Labute approximate surface area is 167 Å². The molecular formula is C21H22N4O4. The molecule has 150 valence electrons. The van der Waals surface area contributed by atoms with E-state index in [0.29, 0.717) is 5.69 Å². The van der Waals surface area contributed by atoms with E-state index in [-0.39, 0.29) is 41.6 Å². The first-order valence-electron chi connectivity index (χ1n) is 9.72. The topological polar surface area (TPSA) is 113 Å². The summed E-state index contributed by atoms with van der Waals surface area (Å²) in [5.74, 6) is -0.187. The predicted molar refractivity (Wildman–Crippen MR) is 109 cm³/mol. The minimum atomic E-state index is -0.476. The lowest BCUT2D eigenvalue weighted by molar-refractivity contribution is -0.384. The number of carbonyl (C=O) groups excluding carboxylic acids is 2. The highest BCUT2D eigenvalue weighted by Gasteiger charge is 2.29. The molecule has 2 aromatic rings. The van der Waals surface area contributed by atoms with Gasteiger partial charge in [0.05, 0.1) is 4.92 Å². The number of benzene rings is 2. The van der Waals surface area contributed by atoms with E-state index in [4.69, 9.17) is 0 Å². The van der Waals surface area contributed by atoms with E-state index in [1.807, 2.05) is 12.1 Å². The standard InChI is InChI=1S/C21H22N4O4/c26-20(15-5-10-18(23-16-8-9-16)19(11-15)25(28)29)22-12-13-1-6-17(7-2-13)24-21(27)14-3-4-14/h1-2,5-7,10-11,14,16,23H,3-4,8-9,12H2,(H,22,26)(H,24,27). The maximum absolute atomic E-state index is 12.4.